The number of primary amides is 1. The van der Waals surface area contributed by atoms with E-state index < -0.39 is 33.8 Å². The van der Waals surface area contributed by atoms with Crippen molar-refractivity contribution in [3.05, 3.63) is 39.4 Å². The van der Waals surface area contributed by atoms with Crippen molar-refractivity contribution in [1.82, 2.24) is 5.43 Å². The molecule has 0 aliphatic rings. The van der Waals surface area contributed by atoms with Crippen LogP contribution < -0.4 is 11.2 Å². The molecule has 0 saturated carbocycles. The second-order valence-corrected chi connectivity index (χ2v) is 2.81. The SMILES string of the molecule is NC(=O)NN=Cc1c(F)cc(F)cc1[N+](=O)[O-]. The van der Waals surface area contributed by atoms with E-state index in [0.717, 1.165) is 0 Å². The van der Waals surface area contributed by atoms with E-state index in [1.807, 2.05) is 0 Å². The number of hydrogen-bond acceptors (Lipinski definition) is 4. The maximum absolute atomic E-state index is 13.2. The summed E-state index contributed by atoms with van der Waals surface area (Å²) in [4.78, 5) is 19.8. The van der Waals surface area contributed by atoms with Crippen molar-refractivity contribution in [2.75, 3.05) is 0 Å². The van der Waals surface area contributed by atoms with Crippen LogP contribution in [0.15, 0.2) is 17.2 Å². The minimum absolute atomic E-state index is 0.457. The minimum atomic E-state index is -1.17. The molecule has 0 fully saturated rings. The van der Waals surface area contributed by atoms with Crippen molar-refractivity contribution in [2.45, 2.75) is 0 Å². The maximum atomic E-state index is 13.2. The molecule has 0 saturated heterocycles. The van der Waals surface area contributed by atoms with E-state index in [9.17, 15) is 23.7 Å². The highest BCUT2D eigenvalue weighted by atomic mass is 19.1. The first-order valence-electron chi connectivity index (χ1n) is 4.13. The molecule has 90 valence electrons. The Morgan fingerprint density at radius 2 is 2.18 bits per heavy atom. The highest BCUT2D eigenvalue weighted by Gasteiger charge is 2.18. The molecule has 17 heavy (non-hydrogen) atoms. The number of nitrogens with two attached hydrogens (primary N) is 1. The number of rotatable bonds is 3. The molecule has 0 aliphatic carbocycles. The monoisotopic (exact) mass is 244 g/mol. The van der Waals surface area contributed by atoms with Crippen LogP contribution in [-0.2, 0) is 0 Å². The number of nitrogens with zero attached hydrogens (tertiary/aromatic N) is 2. The van der Waals surface area contributed by atoms with Gasteiger partial charge < -0.3 is 5.73 Å². The zero-order chi connectivity index (χ0) is 13.0. The van der Waals surface area contributed by atoms with Crippen molar-refractivity contribution < 1.29 is 18.5 Å². The third-order valence-corrected chi connectivity index (χ3v) is 1.64. The van der Waals surface area contributed by atoms with Crippen LogP contribution in [0.2, 0.25) is 0 Å². The molecule has 0 heterocycles. The summed E-state index contributed by atoms with van der Waals surface area (Å²) in [5.74, 6) is -2.26. The molecular weight excluding hydrogens is 238 g/mol. The van der Waals surface area contributed by atoms with Crippen molar-refractivity contribution in [3.8, 4) is 0 Å². The van der Waals surface area contributed by atoms with E-state index >= 15 is 0 Å². The summed E-state index contributed by atoms with van der Waals surface area (Å²) in [6.45, 7) is 0. The Labute approximate surface area is 93.1 Å². The predicted octanol–water partition coefficient (Wildman–Crippen LogP) is 0.875. The minimum Gasteiger partial charge on any atom is -0.350 e. The number of nitrogens with one attached hydrogen (secondary N) is 1. The lowest BCUT2D eigenvalue weighted by molar-refractivity contribution is -0.385. The van der Waals surface area contributed by atoms with Crippen LogP contribution in [0.1, 0.15) is 5.56 Å². The topological polar surface area (TPSA) is 111 Å². The number of carbonyl (C=O) groups excluding carboxylic acids is 1. The third-order valence-electron chi connectivity index (χ3n) is 1.64. The second kappa shape index (κ2) is 4.96. The number of nitro groups is 1. The quantitative estimate of drug-likeness (QED) is 0.467. The summed E-state index contributed by atoms with van der Waals surface area (Å²) in [5.41, 5.74) is 5.02. The molecule has 0 atom stereocenters. The van der Waals surface area contributed by atoms with Crippen LogP contribution in [0, 0.1) is 21.7 Å². The van der Waals surface area contributed by atoms with Gasteiger partial charge >= 0.3 is 6.03 Å². The lowest BCUT2D eigenvalue weighted by Crippen LogP contribution is -2.24. The van der Waals surface area contributed by atoms with Gasteiger partial charge in [0.2, 0.25) is 0 Å². The van der Waals surface area contributed by atoms with Crippen molar-refractivity contribution in [2.24, 2.45) is 10.8 Å². The van der Waals surface area contributed by atoms with E-state index in [1.54, 1.807) is 5.43 Å². The summed E-state index contributed by atoms with van der Waals surface area (Å²) in [7, 11) is 0. The number of halogens is 2. The van der Waals surface area contributed by atoms with Gasteiger partial charge in [0, 0.05) is 6.07 Å². The fourth-order valence-electron chi connectivity index (χ4n) is 1.01. The molecule has 0 aromatic heterocycles. The van der Waals surface area contributed by atoms with Gasteiger partial charge in [-0.1, -0.05) is 0 Å². The standard InChI is InChI=1S/C8H6F2N4O3/c9-4-1-6(10)5(3-12-13-8(11)15)7(2-4)14(16)17/h1-3H,(H3,11,13,15). The summed E-state index contributed by atoms with van der Waals surface area (Å²) >= 11 is 0. The number of hydrazone groups is 1. The maximum Gasteiger partial charge on any atom is 0.332 e. The van der Waals surface area contributed by atoms with E-state index in [4.69, 9.17) is 0 Å². The van der Waals surface area contributed by atoms with Gasteiger partial charge in [0.05, 0.1) is 17.2 Å². The van der Waals surface area contributed by atoms with E-state index in [0.29, 0.717) is 18.3 Å². The molecule has 2 amide bonds. The van der Waals surface area contributed by atoms with Crippen LogP contribution in [0.4, 0.5) is 19.3 Å². The number of urea groups is 1. The van der Waals surface area contributed by atoms with Gasteiger partial charge in [-0.2, -0.15) is 5.10 Å². The largest absolute Gasteiger partial charge is 0.350 e. The fourth-order valence-corrected chi connectivity index (χ4v) is 1.01. The molecule has 7 nitrogen and oxygen atoms in total. The lowest BCUT2D eigenvalue weighted by Gasteiger charge is -1.99. The predicted molar refractivity (Wildman–Crippen MR) is 53.3 cm³/mol. The number of amides is 2. The number of hydrogen-bond donors (Lipinski definition) is 2. The molecule has 1 aromatic rings. The number of benzene rings is 1. The van der Waals surface area contributed by atoms with Crippen LogP contribution in [0.25, 0.3) is 0 Å². The Morgan fingerprint density at radius 3 is 2.71 bits per heavy atom. The zero-order valence-corrected chi connectivity index (χ0v) is 8.18. The van der Waals surface area contributed by atoms with Gasteiger partial charge in [-0.05, 0) is 0 Å². The molecule has 3 N–H and O–H groups in total. The lowest BCUT2D eigenvalue weighted by atomic mass is 10.2. The first-order chi connectivity index (χ1) is 7.91. The van der Waals surface area contributed by atoms with Gasteiger partial charge in [0.15, 0.2) is 0 Å². The van der Waals surface area contributed by atoms with Crippen LogP contribution in [0.5, 0.6) is 0 Å². The molecular formula is C8H6F2N4O3. The molecule has 1 aromatic carbocycles. The van der Waals surface area contributed by atoms with Gasteiger partial charge in [-0.25, -0.2) is 19.0 Å². The highest BCUT2D eigenvalue weighted by molar-refractivity contribution is 5.86. The molecule has 0 aliphatic heterocycles. The summed E-state index contributed by atoms with van der Waals surface area (Å²) < 4.78 is 26.0. The summed E-state index contributed by atoms with van der Waals surface area (Å²) in [6.07, 6.45) is 0.664. The second-order valence-electron chi connectivity index (χ2n) is 2.81. The average Bonchev–Trinajstić information content (AvgIpc) is 2.19. The molecule has 9 heteroatoms. The molecule has 0 bridgehead atoms. The molecule has 1 rings (SSSR count). The zero-order valence-electron chi connectivity index (χ0n) is 8.18. The van der Waals surface area contributed by atoms with Crippen molar-refractivity contribution in [3.63, 3.8) is 0 Å². The van der Waals surface area contributed by atoms with Crippen LogP contribution in [0.3, 0.4) is 0 Å². The Bertz CT molecular complexity index is 504. The van der Waals surface area contributed by atoms with Gasteiger partial charge in [-0.15, -0.1) is 0 Å². The van der Waals surface area contributed by atoms with Crippen LogP contribution in [-0.4, -0.2) is 17.2 Å². The van der Waals surface area contributed by atoms with E-state index in [-0.39, 0.29) is 0 Å². The smallest absolute Gasteiger partial charge is 0.332 e. The number of carbonyl (C=O) groups is 1. The first kappa shape index (κ1) is 12.5. The average molecular weight is 244 g/mol. The summed E-state index contributed by atoms with van der Waals surface area (Å²) in [5, 5.41) is 13.7. The Balaban J connectivity index is 3.17. The summed E-state index contributed by atoms with van der Waals surface area (Å²) in [6, 6.07) is -0.0285. The van der Waals surface area contributed by atoms with Crippen LogP contribution >= 0.6 is 0 Å². The first-order valence-corrected chi connectivity index (χ1v) is 4.13. The number of nitro benzene ring substituents is 1. The highest BCUT2D eigenvalue weighted by Crippen LogP contribution is 2.21. The Morgan fingerprint density at radius 1 is 1.53 bits per heavy atom. The fraction of sp³-hybridized carbons (Fsp3) is 0. The van der Waals surface area contributed by atoms with E-state index in [1.165, 1.54) is 0 Å². The van der Waals surface area contributed by atoms with Gasteiger partial charge in [0.25, 0.3) is 5.69 Å². The molecule has 0 spiro atoms. The molecule has 0 unspecified atom stereocenters. The normalized spacial score (nSPS) is 10.5. The molecule has 0 radical (unpaired) electrons. The Kier molecular flexibility index (Phi) is 3.65. The Hall–Kier alpha value is -2.58. The van der Waals surface area contributed by atoms with Crippen molar-refractivity contribution in [1.29, 1.82) is 0 Å². The van der Waals surface area contributed by atoms with Gasteiger partial charge in [0.1, 0.15) is 17.2 Å². The van der Waals surface area contributed by atoms with E-state index in [2.05, 4.69) is 10.8 Å². The van der Waals surface area contributed by atoms with Crippen molar-refractivity contribution >= 4 is 17.9 Å². The van der Waals surface area contributed by atoms with Gasteiger partial charge in [-0.3, -0.25) is 10.1 Å². The third kappa shape index (κ3) is 3.19.